The second-order valence-electron chi connectivity index (χ2n) is 2.00. The van der Waals surface area contributed by atoms with Crippen LogP contribution in [-0.4, -0.2) is 49.1 Å². The maximum absolute atomic E-state index is 8.56. The number of benzene rings is 1. The number of hydrogen-bond donors (Lipinski definition) is 6. The first-order chi connectivity index (χ1) is 8.20. The van der Waals surface area contributed by atoms with Gasteiger partial charge in [0.2, 0.25) is 0 Å². The molecule has 102 valence electrons. The average molecular weight is 264 g/mol. The van der Waals surface area contributed by atoms with Crippen molar-refractivity contribution in [3.63, 3.8) is 0 Å². The molecule has 6 N–H and O–H groups in total. The molecule has 0 fully saturated rings. The highest BCUT2D eigenvalue weighted by atomic mass is 16.6. The topological polar surface area (TPSA) is 173 Å². The summed E-state index contributed by atoms with van der Waals surface area (Å²) in [6.07, 6.45) is -5.50. The maximum atomic E-state index is 8.56. The summed E-state index contributed by atoms with van der Waals surface area (Å²) in [5.41, 5.74) is 0. The van der Waals surface area contributed by atoms with Crippen LogP contribution in [0, 0.1) is 0 Å². The Labute approximate surface area is 101 Å². The molecule has 1 aromatic rings. The molecular formula is C9H12O9. The van der Waals surface area contributed by atoms with E-state index in [0.717, 1.165) is 0 Å². The summed E-state index contributed by atoms with van der Waals surface area (Å²) in [6, 6.07) is 12.0. The Bertz CT molecular complexity index is 255. The van der Waals surface area contributed by atoms with Crippen LogP contribution in [0.4, 0.5) is 14.4 Å². The van der Waals surface area contributed by atoms with E-state index in [1.807, 2.05) is 36.4 Å². The van der Waals surface area contributed by atoms with Crippen LogP contribution in [0.3, 0.4) is 0 Å². The number of rotatable bonds is 0. The highest BCUT2D eigenvalue weighted by Crippen LogP contribution is 1.79. The van der Waals surface area contributed by atoms with Crippen molar-refractivity contribution in [2.75, 3.05) is 0 Å². The fourth-order valence-electron chi connectivity index (χ4n) is 0.385. The average Bonchev–Trinajstić information content (AvgIpc) is 2.17. The van der Waals surface area contributed by atoms with Gasteiger partial charge in [0.25, 0.3) is 0 Å². The van der Waals surface area contributed by atoms with E-state index < -0.39 is 18.5 Å². The van der Waals surface area contributed by atoms with Crippen LogP contribution in [0.5, 0.6) is 0 Å². The van der Waals surface area contributed by atoms with Crippen LogP contribution >= 0.6 is 0 Å². The van der Waals surface area contributed by atoms with Gasteiger partial charge in [-0.15, -0.1) is 0 Å². The minimum Gasteiger partial charge on any atom is -0.450 e. The van der Waals surface area contributed by atoms with E-state index in [0.29, 0.717) is 0 Å². The SMILES string of the molecule is O=C(O)O.O=C(O)O.O=C(O)O.c1ccccc1. The van der Waals surface area contributed by atoms with Crippen molar-refractivity contribution in [2.45, 2.75) is 0 Å². The summed E-state index contributed by atoms with van der Waals surface area (Å²) in [4.78, 5) is 25.7. The predicted molar refractivity (Wildman–Crippen MR) is 58.4 cm³/mol. The molecule has 0 saturated heterocycles. The van der Waals surface area contributed by atoms with Crippen molar-refractivity contribution in [3.05, 3.63) is 36.4 Å². The molecule has 0 radical (unpaired) electrons. The van der Waals surface area contributed by atoms with Crippen molar-refractivity contribution < 1.29 is 45.0 Å². The lowest BCUT2D eigenvalue weighted by Gasteiger charge is -1.69. The van der Waals surface area contributed by atoms with Crippen molar-refractivity contribution in [2.24, 2.45) is 0 Å². The molecule has 1 rings (SSSR count). The van der Waals surface area contributed by atoms with Crippen molar-refractivity contribution in [3.8, 4) is 0 Å². The van der Waals surface area contributed by atoms with Gasteiger partial charge in [-0.3, -0.25) is 0 Å². The summed E-state index contributed by atoms with van der Waals surface area (Å²) in [6.45, 7) is 0. The predicted octanol–water partition coefficient (Wildman–Crippen LogP) is 2.35. The van der Waals surface area contributed by atoms with Crippen molar-refractivity contribution in [1.82, 2.24) is 0 Å². The Morgan fingerprint density at radius 3 is 0.556 bits per heavy atom. The smallest absolute Gasteiger partial charge is 0.450 e. The molecule has 0 aromatic heterocycles. The Morgan fingerprint density at radius 2 is 0.500 bits per heavy atom. The first-order valence-corrected chi connectivity index (χ1v) is 3.95. The molecule has 0 heterocycles. The Morgan fingerprint density at radius 1 is 0.444 bits per heavy atom. The first kappa shape index (κ1) is 20.4. The summed E-state index contributed by atoms with van der Waals surface area (Å²) < 4.78 is 0. The zero-order valence-electron chi connectivity index (χ0n) is 8.87. The van der Waals surface area contributed by atoms with Gasteiger partial charge in [-0.2, -0.15) is 0 Å². The third kappa shape index (κ3) is 205. The minimum absolute atomic E-state index is 1.83. The highest BCUT2D eigenvalue weighted by molar-refractivity contribution is 5.53. The van der Waals surface area contributed by atoms with Crippen LogP contribution in [-0.2, 0) is 0 Å². The fraction of sp³-hybridized carbons (Fsp3) is 0. The summed E-state index contributed by atoms with van der Waals surface area (Å²) in [7, 11) is 0. The normalized spacial score (nSPS) is 6.67. The molecule has 1 aromatic carbocycles. The molecule has 18 heavy (non-hydrogen) atoms. The first-order valence-electron chi connectivity index (χ1n) is 3.95. The fourth-order valence-corrected chi connectivity index (χ4v) is 0.385. The molecule has 0 spiro atoms. The quantitative estimate of drug-likeness (QED) is 0.411. The second-order valence-corrected chi connectivity index (χ2v) is 2.00. The van der Waals surface area contributed by atoms with E-state index in [-0.39, 0.29) is 0 Å². The Balaban J connectivity index is -0.000000171. The van der Waals surface area contributed by atoms with Gasteiger partial charge in [0.05, 0.1) is 0 Å². The Kier molecular flexibility index (Phi) is 18.7. The third-order valence-corrected chi connectivity index (χ3v) is 0.667. The van der Waals surface area contributed by atoms with Crippen LogP contribution < -0.4 is 0 Å². The van der Waals surface area contributed by atoms with Gasteiger partial charge >= 0.3 is 18.5 Å². The molecule has 0 unspecified atom stereocenters. The number of carboxylic acid groups (broad SMARTS) is 6. The van der Waals surface area contributed by atoms with Gasteiger partial charge in [0, 0.05) is 0 Å². The third-order valence-electron chi connectivity index (χ3n) is 0.667. The lowest BCUT2D eigenvalue weighted by atomic mass is 10.4. The molecule has 0 amide bonds. The van der Waals surface area contributed by atoms with Crippen molar-refractivity contribution >= 4 is 18.5 Å². The summed E-state index contributed by atoms with van der Waals surface area (Å²) >= 11 is 0. The second kappa shape index (κ2) is 16.5. The molecule has 0 saturated carbocycles. The lowest BCUT2D eigenvalue weighted by molar-refractivity contribution is 0.135. The van der Waals surface area contributed by atoms with Crippen LogP contribution in [0.1, 0.15) is 0 Å². The molecular weight excluding hydrogens is 252 g/mol. The zero-order valence-corrected chi connectivity index (χ0v) is 8.87. The maximum Gasteiger partial charge on any atom is 0.503 e. The molecule has 0 aliphatic carbocycles. The van der Waals surface area contributed by atoms with Gasteiger partial charge in [0.15, 0.2) is 0 Å². The largest absolute Gasteiger partial charge is 0.503 e. The molecule has 0 aliphatic heterocycles. The molecule has 0 bridgehead atoms. The van der Waals surface area contributed by atoms with Gasteiger partial charge in [-0.1, -0.05) is 36.4 Å². The summed E-state index contributed by atoms with van der Waals surface area (Å²) in [5, 5.41) is 41.8. The molecule has 0 aliphatic rings. The van der Waals surface area contributed by atoms with Crippen LogP contribution in [0.15, 0.2) is 36.4 Å². The molecule has 9 nitrogen and oxygen atoms in total. The standard InChI is InChI=1S/C6H6.3CH2O3/c1-2-4-6-5-3-1;3*2-1(3)4/h1-6H;3*(H2,2,3,4). The summed E-state index contributed by atoms with van der Waals surface area (Å²) in [5.74, 6) is 0. The number of hydrogen-bond acceptors (Lipinski definition) is 3. The minimum atomic E-state index is -1.83. The van der Waals surface area contributed by atoms with Gasteiger partial charge < -0.3 is 30.6 Å². The highest BCUT2D eigenvalue weighted by Gasteiger charge is 1.71. The molecule has 0 atom stereocenters. The van der Waals surface area contributed by atoms with Crippen LogP contribution in [0.25, 0.3) is 0 Å². The molecule has 9 heteroatoms. The number of carbonyl (C=O) groups is 3. The van der Waals surface area contributed by atoms with E-state index in [4.69, 9.17) is 45.0 Å². The van der Waals surface area contributed by atoms with Gasteiger partial charge in [0.1, 0.15) is 0 Å². The Hall–Kier alpha value is -2.97. The van der Waals surface area contributed by atoms with Gasteiger partial charge in [-0.25, -0.2) is 14.4 Å². The van der Waals surface area contributed by atoms with E-state index in [9.17, 15) is 0 Å². The van der Waals surface area contributed by atoms with E-state index in [1.54, 1.807) is 0 Å². The van der Waals surface area contributed by atoms with E-state index in [2.05, 4.69) is 0 Å². The van der Waals surface area contributed by atoms with E-state index >= 15 is 0 Å². The van der Waals surface area contributed by atoms with Crippen LogP contribution in [0.2, 0.25) is 0 Å². The monoisotopic (exact) mass is 264 g/mol. The van der Waals surface area contributed by atoms with E-state index in [1.165, 1.54) is 0 Å². The zero-order chi connectivity index (χ0) is 15.0. The van der Waals surface area contributed by atoms with Crippen molar-refractivity contribution in [1.29, 1.82) is 0 Å². The lowest BCUT2D eigenvalue weighted by Crippen LogP contribution is -1.81. The van der Waals surface area contributed by atoms with Gasteiger partial charge in [-0.05, 0) is 0 Å².